The van der Waals surface area contributed by atoms with Crippen LogP contribution in [0.1, 0.15) is 40.5 Å². The van der Waals surface area contributed by atoms with Gasteiger partial charge in [0.15, 0.2) is 0 Å². The summed E-state index contributed by atoms with van der Waals surface area (Å²) in [5.41, 5.74) is 4.73. The van der Waals surface area contributed by atoms with Gasteiger partial charge in [-0.1, -0.05) is 30.3 Å². The van der Waals surface area contributed by atoms with Gasteiger partial charge in [-0.3, -0.25) is 0 Å². The normalized spacial score (nSPS) is 15.9. The second kappa shape index (κ2) is 5.34. The molecule has 1 aliphatic rings. The minimum Gasteiger partial charge on any atom is -0.207 e. The lowest BCUT2D eigenvalue weighted by atomic mass is 9.89. The molecule has 2 aromatic carbocycles. The molecule has 2 aromatic rings. The van der Waals surface area contributed by atoms with Crippen molar-refractivity contribution in [1.82, 2.24) is 0 Å². The molecule has 0 saturated carbocycles. The van der Waals surface area contributed by atoms with Gasteiger partial charge in [0.05, 0.1) is 5.38 Å². The van der Waals surface area contributed by atoms with E-state index in [9.17, 15) is 4.39 Å². The highest BCUT2D eigenvalue weighted by molar-refractivity contribution is 6.22. The Bertz CT molecular complexity index is 592. The van der Waals surface area contributed by atoms with Crippen molar-refractivity contribution >= 4 is 11.6 Å². The molecular formula is C17H16ClF. The molecule has 0 aromatic heterocycles. The summed E-state index contributed by atoms with van der Waals surface area (Å²) in [6.07, 6.45) is 4.84. The maximum Gasteiger partial charge on any atom is 0.123 e. The third-order valence-corrected chi connectivity index (χ3v) is 4.31. The molecule has 0 N–H and O–H groups in total. The van der Waals surface area contributed by atoms with Gasteiger partial charge in [-0.15, -0.1) is 11.6 Å². The first-order valence-electron chi connectivity index (χ1n) is 6.75. The van der Waals surface area contributed by atoms with Crippen molar-refractivity contribution < 1.29 is 4.39 Å². The van der Waals surface area contributed by atoms with E-state index in [1.165, 1.54) is 42.5 Å². The van der Waals surface area contributed by atoms with Crippen LogP contribution in [0.5, 0.6) is 0 Å². The molecule has 0 saturated heterocycles. The second-order valence-electron chi connectivity index (χ2n) is 5.15. The lowest BCUT2D eigenvalue weighted by molar-refractivity contribution is 0.625. The molecule has 0 nitrogen and oxygen atoms in total. The van der Waals surface area contributed by atoms with Crippen LogP contribution in [-0.4, -0.2) is 0 Å². The molecule has 0 fully saturated rings. The van der Waals surface area contributed by atoms with Crippen LogP contribution in [-0.2, 0) is 12.8 Å². The van der Waals surface area contributed by atoms with Crippen LogP contribution < -0.4 is 0 Å². The van der Waals surface area contributed by atoms with E-state index in [4.69, 9.17) is 11.6 Å². The quantitative estimate of drug-likeness (QED) is 0.674. The molecular weight excluding hydrogens is 259 g/mol. The van der Waals surface area contributed by atoms with Gasteiger partial charge in [0.1, 0.15) is 5.82 Å². The van der Waals surface area contributed by atoms with Crippen molar-refractivity contribution in [3.05, 3.63) is 70.5 Å². The molecule has 0 radical (unpaired) electrons. The van der Waals surface area contributed by atoms with Gasteiger partial charge in [-0.05, 0) is 60.1 Å². The van der Waals surface area contributed by atoms with Gasteiger partial charge >= 0.3 is 0 Å². The highest BCUT2D eigenvalue weighted by Crippen LogP contribution is 2.32. The highest BCUT2D eigenvalue weighted by atomic mass is 35.5. The Hall–Kier alpha value is -1.34. The molecule has 0 heterocycles. The molecule has 0 spiro atoms. The fraction of sp³-hybridized carbons (Fsp3) is 0.294. The van der Waals surface area contributed by atoms with E-state index in [-0.39, 0.29) is 11.2 Å². The summed E-state index contributed by atoms with van der Waals surface area (Å²) in [5.74, 6) is -0.235. The standard InChI is InChI=1S/C17H16ClF/c18-17(14-6-3-7-16(19)11-14)15-9-8-12-4-1-2-5-13(12)10-15/h3,6-11,17H,1-2,4-5H2. The second-order valence-corrected chi connectivity index (χ2v) is 5.59. The van der Waals surface area contributed by atoms with E-state index in [2.05, 4.69) is 18.2 Å². The van der Waals surface area contributed by atoms with Crippen molar-refractivity contribution in [2.45, 2.75) is 31.1 Å². The number of benzene rings is 2. The molecule has 1 atom stereocenters. The first-order chi connectivity index (χ1) is 9.24. The lowest BCUT2D eigenvalue weighted by Crippen LogP contribution is -2.04. The van der Waals surface area contributed by atoms with Gasteiger partial charge in [-0.2, -0.15) is 0 Å². The van der Waals surface area contributed by atoms with Gasteiger partial charge in [0, 0.05) is 0 Å². The fourth-order valence-corrected chi connectivity index (χ4v) is 3.04. The predicted octanol–water partition coefficient (Wildman–Crippen LogP) is 5.03. The Balaban J connectivity index is 1.93. The molecule has 1 aliphatic carbocycles. The summed E-state index contributed by atoms with van der Waals surface area (Å²) in [5, 5.41) is -0.275. The van der Waals surface area contributed by atoms with Crippen LogP contribution in [0.4, 0.5) is 4.39 Å². The van der Waals surface area contributed by atoms with E-state index >= 15 is 0 Å². The average Bonchev–Trinajstić information content (AvgIpc) is 2.46. The number of hydrogen-bond donors (Lipinski definition) is 0. The molecule has 98 valence electrons. The number of halogens is 2. The van der Waals surface area contributed by atoms with Crippen molar-refractivity contribution in [3.8, 4) is 0 Å². The first kappa shape index (κ1) is 12.7. The number of alkyl halides is 1. The monoisotopic (exact) mass is 274 g/mol. The average molecular weight is 275 g/mol. The van der Waals surface area contributed by atoms with E-state index in [1.54, 1.807) is 6.07 Å². The number of aryl methyl sites for hydroxylation is 2. The summed E-state index contributed by atoms with van der Waals surface area (Å²) in [6, 6.07) is 13.0. The fourth-order valence-electron chi connectivity index (χ4n) is 2.77. The van der Waals surface area contributed by atoms with Crippen LogP contribution in [0.2, 0.25) is 0 Å². The molecule has 0 amide bonds. The van der Waals surface area contributed by atoms with Crippen molar-refractivity contribution in [1.29, 1.82) is 0 Å². The van der Waals surface area contributed by atoms with Crippen LogP contribution in [0.3, 0.4) is 0 Å². The van der Waals surface area contributed by atoms with Crippen LogP contribution in [0.25, 0.3) is 0 Å². The summed E-state index contributed by atoms with van der Waals surface area (Å²) in [6.45, 7) is 0. The van der Waals surface area contributed by atoms with Gasteiger partial charge in [0.2, 0.25) is 0 Å². The number of hydrogen-bond acceptors (Lipinski definition) is 0. The molecule has 1 unspecified atom stereocenters. The maximum atomic E-state index is 13.3. The summed E-state index contributed by atoms with van der Waals surface area (Å²) in [7, 11) is 0. The number of fused-ring (bicyclic) bond motifs is 1. The smallest absolute Gasteiger partial charge is 0.123 e. The molecule has 2 heteroatoms. The molecule has 0 aliphatic heterocycles. The molecule has 19 heavy (non-hydrogen) atoms. The third kappa shape index (κ3) is 2.66. The van der Waals surface area contributed by atoms with Crippen molar-refractivity contribution in [3.63, 3.8) is 0 Å². The van der Waals surface area contributed by atoms with Crippen molar-refractivity contribution in [2.24, 2.45) is 0 Å². The van der Waals surface area contributed by atoms with E-state index in [1.807, 2.05) is 6.07 Å². The zero-order valence-corrected chi connectivity index (χ0v) is 11.5. The molecule has 3 rings (SSSR count). The topological polar surface area (TPSA) is 0 Å². The Kier molecular flexibility index (Phi) is 3.56. The summed E-state index contributed by atoms with van der Waals surface area (Å²) in [4.78, 5) is 0. The van der Waals surface area contributed by atoms with Crippen LogP contribution in [0.15, 0.2) is 42.5 Å². The zero-order valence-electron chi connectivity index (χ0n) is 10.7. The van der Waals surface area contributed by atoms with Crippen molar-refractivity contribution in [2.75, 3.05) is 0 Å². The minimum absolute atomic E-state index is 0.235. The summed E-state index contributed by atoms with van der Waals surface area (Å²) >= 11 is 6.48. The SMILES string of the molecule is Fc1cccc(C(Cl)c2ccc3c(c2)CCCC3)c1. The maximum absolute atomic E-state index is 13.3. The molecule has 0 bridgehead atoms. The Morgan fingerprint density at radius 1 is 0.895 bits per heavy atom. The summed E-state index contributed by atoms with van der Waals surface area (Å²) < 4.78 is 13.3. The third-order valence-electron chi connectivity index (χ3n) is 3.81. The van der Waals surface area contributed by atoms with Gasteiger partial charge in [0.25, 0.3) is 0 Å². The van der Waals surface area contributed by atoms with E-state index < -0.39 is 0 Å². The number of rotatable bonds is 2. The predicted molar refractivity (Wildman–Crippen MR) is 77.2 cm³/mol. The van der Waals surface area contributed by atoms with Crippen LogP contribution >= 0.6 is 11.6 Å². The lowest BCUT2D eigenvalue weighted by Gasteiger charge is -2.18. The Labute approximate surface area is 118 Å². The zero-order chi connectivity index (χ0) is 13.2. The minimum atomic E-state index is -0.275. The first-order valence-corrected chi connectivity index (χ1v) is 7.19. The van der Waals surface area contributed by atoms with Gasteiger partial charge < -0.3 is 0 Å². The van der Waals surface area contributed by atoms with Gasteiger partial charge in [-0.25, -0.2) is 4.39 Å². The van der Waals surface area contributed by atoms with Crippen LogP contribution in [0, 0.1) is 5.82 Å². The highest BCUT2D eigenvalue weighted by Gasteiger charge is 2.15. The largest absolute Gasteiger partial charge is 0.207 e. The van der Waals surface area contributed by atoms with E-state index in [0.29, 0.717) is 0 Å². The van der Waals surface area contributed by atoms with E-state index in [0.717, 1.165) is 17.5 Å². The Morgan fingerprint density at radius 3 is 2.42 bits per heavy atom. The Morgan fingerprint density at radius 2 is 1.63 bits per heavy atom.